The van der Waals surface area contributed by atoms with Crippen LogP contribution in [-0.2, 0) is 32.5 Å². The minimum atomic E-state index is -0.0338. The average Bonchev–Trinajstić information content (AvgIpc) is 1.59. The summed E-state index contributed by atoms with van der Waals surface area (Å²) in [5.41, 5.74) is 42.6. The Morgan fingerprint density at radius 1 is 0.175 bits per heavy atom. The summed E-state index contributed by atoms with van der Waals surface area (Å²) in [6, 6.07) is 107. The third-order valence-electron chi connectivity index (χ3n) is 24.6. The van der Waals surface area contributed by atoms with Gasteiger partial charge in [-0.05, 0) is 223 Å². The third kappa shape index (κ3) is 9.89. The lowest BCUT2D eigenvalue weighted by atomic mass is 9.81. The van der Waals surface area contributed by atoms with Gasteiger partial charge in [0.05, 0.1) is 0 Å². The molecule has 0 saturated carbocycles. The normalized spacial score (nSPS) is 15.8. The van der Waals surface area contributed by atoms with Gasteiger partial charge in [-0.1, -0.05) is 301 Å². The number of rotatable bonds is 7. The van der Waals surface area contributed by atoms with Crippen LogP contribution in [0.5, 0.6) is 0 Å². The zero-order valence-electron chi connectivity index (χ0n) is 61.2. The van der Waals surface area contributed by atoms with Crippen molar-refractivity contribution in [3.63, 3.8) is 0 Å². The standard InChI is InChI=1S/C36H31N.C34H29N.C30H27N/c1-35(2)32-12-8-6-10-28(32)30-22-26(18-20-33(30)35)37-25-16-13-23(14-17-25)24-15-19-29-27-9-5-7-11-31(27)36(3,4)34(29)21-24;1-33(2)27-15-9-7-11-22(27)23-18-17-21(19-29(23)33)35-31-20-30-32(25-13-6-5-12-24(25)31)26-14-8-10-16-28(26)34(30,3)4;1-29(2)25-11-7-5-9-21(25)23-15-13-19(17-27(23)29)31-20-14-16-24-22-10-6-8-12-26(22)30(3,4)28(24)18-20/h5-22,37H,1-4H3;5-20,35H,1-4H3;5-18,31H,1-4H3. The van der Waals surface area contributed by atoms with Gasteiger partial charge in [0.2, 0.25) is 0 Å². The molecule has 14 aromatic carbocycles. The Kier molecular flexibility index (Phi) is 14.3. The van der Waals surface area contributed by atoms with Crippen molar-refractivity contribution >= 4 is 44.9 Å². The van der Waals surface area contributed by atoms with Crippen LogP contribution in [0.2, 0.25) is 0 Å². The Hall–Kier alpha value is -11.3. The van der Waals surface area contributed by atoms with E-state index in [0.29, 0.717) is 0 Å². The quantitative estimate of drug-likeness (QED) is 0.149. The van der Waals surface area contributed by atoms with Crippen LogP contribution in [0.3, 0.4) is 0 Å². The predicted octanol–water partition coefficient (Wildman–Crippen LogP) is 26.9. The van der Waals surface area contributed by atoms with Crippen LogP contribution < -0.4 is 16.0 Å². The monoisotopic (exact) mass is 1330 g/mol. The molecule has 3 N–H and O–H groups in total. The number of benzene rings is 14. The first-order valence-electron chi connectivity index (χ1n) is 36.9. The zero-order chi connectivity index (χ0) is 70.7. The molecule has 0 amide bonds. The van der Waals surface area contributed by atoms with Crippen LogP contribution in [0.1, 0.15) is 150 Å². The van der Waals surface area contributed by atoms with E-state index >= 15 is 0 Å². The van der Waals surface area contributed by atoms with Crippen molar-refractivity contribution in [2.75, 3.05) is 16.0 Å². The van der Waals surface area contributed by atoms with E-state index in [4.69, 9.17) is 0 Å². The molecule has 502 valence electrons. The van der Waals surface area contributed by atoms with Gasteiger partial charge in [0.25, 0.3) is 0 Å². The van der Waals surface area contributed by atoms with Crippen LogP contribution >= 0.6 is 0 Å². The molecular formula is C100H87N3. The molecule has 0 spiro atoms. The molecule has 0 heterocycles. The molecule has 0 unspecified atom stereocenters. The van der Waals surface area contributed by atoms with E-state index in [9.17, 15) is 0 Å². The van der Waals surface area contributed by atoms with E-state index in [0.717, 1.165) is 28.4 Å². The molecule has 3 heteroatoms. The van der Waals surface area contributed by atoms with Crippen LogP contribution in [-0.4, -0.2) is 0 Å². The molecule has 0 bridgehead atoms. The highest BCUT2D eigenvalue weighted by molar-refractivity contribution is 6.09. The molecule has 0 aliphatic heterocycles. The Labute approximate surface area is 608 Å². The zero-order valence-corrected chi connectivity index (χ0v) is 61.2. The fourth-order valence-corrected chi connectivity index (χ4v) is 18.9. The predicted molar refractivity (Wildman–Crippen MR) is 437 cm³/mol. The maximum Gasteiger partial charge on any atom is 0.0467 e. The fourth-order valence-electron chi connectivity index (χ4n) is 18.9. The van der Waals surface area contributed by atoms with E-state index in [2.05, 4.69) is 390 Å². The van der Waals surface area contributed by atoms with E-state index in [1.54, 1.807) is 0 Å². The van der Waals surface area contributed by atoms with Crippen molar-refractivity contribution in [3.05, 3.63) is 358 Å². The van der Waals surface area contributed by atoms with E-state index in [1.807, 2.05) is 0 Å². The van der Waals surface area contributed by atoms with Crippen LogP contribution in [0, 0.1) is 0 Å². The van der Waals surface area contributed by atoms with Gasteiger partial charge < -0.3 is 16.0 Å². The van der Waals surface area contributed by atoms with Crippen molar-refractivity contribution in [1.29, 1.82) is 0 Å². The van der Waals surface area contributed by atoms with Crippen molar-refractivity contribution in [1.82, 2.24) is 0 Å². The highest BCUT2D eigenvalue weighted by Crippen LogP contribution is 2.57. The second-order valence-corrected chi connectivity index (χ2v) is 32.7. The number of hydrogen-bond acceptors (Lipinski definition) is 3. The van der Waals surface area contributed by atoms with E-state index in [1.165, 1.54) is 161 Å². The molecule has 20 rings (SSSR count). The molecule has 14 aromatic rings. The van der Waals surface area contributed by atoms with Gasteiger partial charge in [0.15, 0.2) is 0 Å². The van der Waals surface area contributed by atoms with Gasteiger partial charge >= 0.3 is 0 Å². The smallest absolute Gasteiger partial charge is 0.0467 e. The maximum absolute atomic E-state index is 3.84. The summed E-state index contributed by atoms with van der Waals surface area (Å²) in [4.78, 5) is 0. The molecule has 0 radical (unpaired) electrons. The minimum Gasteiger partial charge on any atom is -0.356 e. The highest BCUT2D eigenvalue weighted by Gasteiger charge is 2.42. The number of fused-ring (bicyclic) bond motifs is 20. The summed E-state index contributed by atoms with van der Waals surface area (Å²) in [5, 5.41) is 13.7. The molecule has 0 fully saturated rings. The Balaban J connectivity index is 0.000000111. The molecular weight excluding hydrogens is 1240 g/mol. The lowest BCUT2D eigenvalue weighted by molar-refractivity contribution is 0.660. The molecule has 6 aliphatic rings. The summed E-state index contributed by atoms with van der Waals surface area (Å²) in [6.45, 7) is 28.0. The lowest BCUT2D eigenvalue weighted by Gasteiger charge is -2.24. The summed E-state index contributed by atoms with van der Waals surface area (Å²) >= 11 is 0. The number of anilines is 6. The first-order chi connectivity index (χ1) is 49.6. The first-order valence-corrected chi connectivity index (χ1v) is 36.9. The van der Waals surface area contributed by atoms with Crippen LogP contribution in [0.4, 0.5) is 34.1 Å². The summed E-state index contributed by atoms with van der Waals surface area (Å²) in [6.07, 6.45) is 0. The third-order valence-corrected chi connectivity index (χ3v) is 24.6. The molecule has 6 aliphatic carbocycles. The van der Waals surface area contributed by atoms with Crippen LogP contribution in [0.25, 0.3) is 88.7 Å². The lowest BCUT2D eigenvalue weighted by Crippen LogP contribution is -2.15. The van der Waals surface area contributed by atoms with E-state index in [-0.39, 0.29) is 32.5 Å². The van der Waals surface area contributed by atoms with Gasteiger partial charge in [-0.25, -0.2) is 0 Å². The molecule has 103 heavy (non-hydrogen) atoms. The summed E-state index contributed by atoms with van der Waals surface area (Å²) in [7, 11) is 0. The SMILES string of the molecule is CC1(C)c2ccccc2-c2cc(Nc3ccc(-c4ccc5c(c4)C(C)(C)c4ccccc4-5)cc3)ccc21.CC1(C)c2ccccc2-c2ccc(Nc3cc4c(c5ccccc35)-c3ccccc3C4(C)C)cc21.CC1(C)c2ccccc2-c2ccc(Nc3ccc4c(c3)C(C)(C)c3ccccc3-4)cc21. The van der Waals surface area contributed by atoms with Crippen molar-refractivity contribution in [2.45, 2.75) is 116 Å². The molecule has 0 saturated heterocycles. The van der Waals surface area contributed by atoms with Gasteiger partial charge in [0.1, 0.15) is 0 Å². The minimum absolute atomic E-state index is 0.00669. The van der Waals surface area contributed by atoms with Crippen molar-refractivity contribution in [3.8, 4) is 77.9 Å². The van der Waals surface area contributed by atoms with Crippen molar-refractivity contribution < 1.29 is 0 Å². The van der Waals surface area contributed by atoms with Gasteiger partial charge in [-0.15, -0.1) is 0 Å². The number of hydrogen-bond donors (Lipinski definition) is 3. The Morgan fingerprint density at radius 2 is 0.456 bits per heavy atom. The average molecular weight is 1330 g/mol. The summed E-state index contributed by atoms with van der Waals surface area (Å²) in [5.74, 6) is 0. The second kappa shape index (κ2) is 23.1. The second-order valence-electron chi connectivity index (χ2n) is 32.7. The highest BCUT2D eigenvalue weighted by atomic mass is 14.9. The van der Waals surface area contributed by atoms with Gasteiger partial charge in [-0.3, -0.25) is 0 Å². The Bertz CT molecular complexity index is 5740. The topological polar surface area (TPSA) is 36.1 Å². The first kappa shape index (κ1) is 63.9. The molecule has 3 nitrogen and oxygen atoms in total. The van der Waals surface area contributed by atoms with Gasteiger partial charge in [0, 0.05) is 72.0 Å². The van der Waals surface area contributed by atoms with E-state index < -0.39 is 0 Å². The van der Waals surface area contributed by atoms with Crippen molar-refractivity contribution in [2.24, 2.45) is 0 Å². The van der Waals surface area contributed by atoms with Crippen LogP contribution in [0.15, 0.2) is 291 Å². The number of nitrogens with one attached hydrogen (secondary N) is 3. The molecule has 0 atom stereocenters. The van der Waals surface area contributed by atoms with Gasteiger partial charge in [-0.2, -0.15) is 0 Å². The summed E-state index contributed by atoms with van der Waals surface area (Å²) < 4.78 is 0. The molecule has 0 aromatic heterocycles. The Morgan fingerprint density at radius 3 is 0.913 bits per heavy atom. The maximum atomic E-state index is 3.84. The fraction of sp³-hybridized carbons (Fsp3) is 0.180. The largest absolute Gasteiger partial charge is 0.356 e.